The molecule has 3 rings (SSSR count). The molecule has 1 aromatic heterocycles. The third-order valence-electron chi connectivity index (χ3n) is 4.89. The molecule has 5 N–H and O–H groups in total. The van der Waals surface area contributed by atoms with Gasteiger partial charge >= 0.3 is 5.97 Å². The van der Waals surface area contributed by atoms with Crippen molar-refractivity contribution in [1.82, 2.24) is 20.6 Å². The first-order chi connectivity index (χ1) is 14.3. The number of benzene rings is 2. The maximum Gasteiger partial charge on any atom is 0.328 e. The van der Waals surface area contributed by atoms with Crippen molar-refractivity contribution in [3.8, 4) is 11.3 Å². The average molecular weight is 405 g/mol. The fraction of sp³-hybridized carbons (Fsp3) is 0.182. The number of rotatable bonds is 7. The van der Waals surface area contributed by atoms with Crippen molar-refractivity contribution >= 4 is 17.7 Å². The Morgan fingerprint density at radius 1 is 1.13 bits per heavy atom. The van der Waals surface area contributed by atoms with Crippen molar-refractivity contribution in [2.45, 2.75) is 19.0 Å². The Labute approximate surface area is 174 Å². The molecule has 0 unspecified atom stereocenters. The molecular weight excluding hydrogens is 382 g/mol. The largest absolute Gasteiger partial charge is 0.480 e. The number of carbonyl (C=O) groups is 2. The molecule has 30 heavy (non-hydrogen) atoms. The Hall–Kier alpha value is -3.78. The number of nitrogens with one attached hydrogen (secondary N) is 2. The van der Waals surface area contributed by atoms with Crippen molar-refractivity contribution in [3.05, 3.63) is 77.6 Å². The Balaban J connectivity index is 1.86. The molecule has 8 heteroatoms. The molecule has 154 valence electrons. The van der Waals surface area contributed by atoms with Crippen LogP contribution < -0.4 is 16.4 Å². The number of hydrogen-bond donors (Lipinski definition) is 4. The third-order valence-corrected chi connectivity index (χ3v) is 4.89. The van der Waals surface area contributed by atoms with Gasteiger partial charge in [-0.15, -0.1) is 0 Å². The van der Waals surface area contributed by atoms with Crippen LogP contribution in [-0.2, 0) is 16.9 Å². The summed E-state index contributed by atoms with van der Waals surface area (Å²) in [5, 5.41) is 15.4. The van der Waals surface area contributed by atoms with Crippen LogP contribution in [0.2, 0.25) is 0 Å². The number of nitrogen functional groups attached to an aromatic ring is 1. The molecule has 0 saturated heterocycles. The zero-order chi connectivity index (χ0) is 21.7. The molecule has 0 aliphatic heterocycles. The van der Waals surface area contributed by atoms with Gasteiger partial charge in [-0.05, 0) is 24.1 Å². The van der Waals surface area contributed by atoms with Crippen molar-refractivity contribution in [2.75, 3.05) is 12.8 Å². The highest BCUT2D eigenvalue weighted by atomic mass is 16.4. The highest BCUT2D eigenvalue weighted by Crippen LogP contribution is 2.23. The van der Waals surface area contributed by atoms with Crippen molar-refractivity contribution in [1.29, 1.82) is 0 Å². The molecule has 8 nitrogen and oxygen atoms in total. The lowest BCUT2D eigenvalue weighted by Crippen LogP contribution is -2.46. The number of carbonyl (C=O) groups excluding carboxylic acids is 1. The van der Waals surface area contributed by atoms with Crippen LogP contribution in [0, 0.1) is 0 Å². The predicted molar refractivity (Wildman–Crippen MR) is 114 cm³/mol. The lowest BCUT2D eigenvalue weighted by molar-refractivity contribution is -0.144. The Morgan fingerprint density at radius 3 is 2.53 bits per heavy atom. The van der Waals surface area contributed by atoms with Crippen LogP contribution in [0.1, 0.15) is 28.5 Å². The van der Waals surface area contributed by atoms with Gasteiger partial charge in [0.2, 0.25) is 0 Å². The minimum atomic E-state index is -1.25. The van der Waals surface area contributed by atoms with Gasteiger partial charge in [-0.1, -0.05) is 48.5 Å². The van der Waals surface area contributed by atoms with Crippen LogP contribution in [0.4, 0.5) is 5.82 Å². The molecule has 1 amide bonds. The van der Waals surface area contributed by atoms with E-state index >= 15 is 0 Å². The summed E-state index contributed by atoms with van der Waals surface area (Å²) < 4.78 is 0. The normalized spacial score (nSPS) is 12.7. The molecule has 0 aliphatic carbocycles. The van der Waals surface area contributed by atoms with Crippen LogP contribution in [0.15, 0.2) is 60.8 Å². The summed E-state index contributed by atoms with van der Waals surface area (Å²) in [7, 11) is 1.49. The monoisotopic (exact) mass is 405 g/mol. The molecule has 0 aliphatic rings. The number of hydrogen-bond acceptors (Lipinski definition) is 6. The highest BCUT2D eigenvalue weighted by molar-refractivity contribution is 5.96. The highest BCUT2D eigenvalue weighted by Gasteiger charge is 2.34. The molecule has 0 spiro atoms. The predicted octanol–water partition coefficient (Wildman–Crippen LogP) is 2.18. The lowest BCUT2D eigenvalue weighted by atomic mass is 9.91. The Bertz CT molecular complexity index is 1070. The number of anilines is 1. The van der Waals surface area contributed by atoms with Gasteiger partial charge in [0.05, 0.1) is 11.9 Å². The van der Waals surface area contributed by atoms with Crippen molar-refractivity contribution in [2.24, 2.45) is 0 Å². The van der Waals surface area contributed by atoms with Gasteiger partial charge in [0.1, 0.15) is 5.54 Å². The third kappa shape index (κ3) is 4.28. The first-order valence-corrected chi connectivity index (χ1v) is 9.33. The average Bonchev–Trinajstić information content (AvgIpc) is 2.78. The van der Waals surface area contributed by atoms with E-state index in [1.54, 1.807) is 19.1 Å². The first-order valence-electron chi connectivity index (χ1n) is 9.33. The number of carboxylic acid groups (broad SMARTS) is 1. The number of carboxylic acids is 1. The number of aliphatic carboxylic acids is 1. The van der Waals surface area contributed by atoms with Crippen LogP contribution in [0.3, 0.4) is 0 Å². The molecule has 0 radical (unpaired) electrons. The second-order valence-corrected chi connectivity index (χ2v) is 6.92. The molecule has 0 fully saturated rings. The zero-order valence-electron chi connectivity index (χ0n) is 16.7. The number of aromatic nitrogens is 2. The molecule has 2 aromatic carbocycles. The number of nitrogens with zero attached hydrogens (tertiary/aromatic N) is 2. The van der Waals surface area contributed by atoms with E-state index in [0.717, 1.165) is 11.1 Å². The first kappa shape index (κ1) is 20.9. The Kier molecular flexibility index (Phi) is 6.08. The molecule has 0 saturated carbocycles. The van der Waals surface area contributed by atoms with E-state index in [1.807, 2.05) is 42.5 Å². The van der Waals surface area contributed by atoms with E-state index in [0.29, 0.717) is 17.8 Å². The number of amides is 1. The summed E-state index contributed by atoms with van der Waals surface area (Å²) in [5.41, 5.74) is 7.32. The van der Waals surface area contributed by atoms with Gasteiger partial charge < -0.3 is 16.2 Å². The van der Waals surface area contributed by atoms with E-state index in [9.17, 15) is 14.7 Å². The maximum atomic E-state index is 12.0. The van der Waals surface area contributed by atoms with E-state index in [4.69, 9.17) is 5.73 Å². The molecular formula is C22H23N5O3. The van der Waals surface area contributed by atoms with Gasteiger partial charge in [-0.3, -0.25) is 10.1 Å². The van der Waals surface area contributed by atoms with E-state index in [-0.39, 0.29) is 11.5 Å². The van der Waals surface area contributed by atoms with Crippen LogP contribution >= 0.6 is 0 Å². The zero-order valence-corrected chi connectivity index (χ0v) is 16.7. The SMILES string of the molecule is CNC(=O)c1nc(-c2cccc(CN[C@](C)(C(=O)O)c3ccccc3)c2)cnc1N. The second kappa shape index (κ2) is 8.71. The second-order valence-electron chi connectivity index (χ2n) is 6.92. The fourth-order valence-corrected chi connectivity index (χ4v) is 3.02. The van der Waals surface area contributed by atoms with Crippen molar-refractivity contribution in [3.63, 3.8) is 0 Å². The summed E-state index contributed by atoms with van der Waals surface area (Å²) in [6.07, 6.45) is 1.50. The quantitative estimate of drug-likeness (QED) is 0.474. The summed E-state index contributed by atoms with van der Waals surface area (Å²) >= 11 is 0. The van der Waals surface area contributed by atoms with Gasteiger partial charge in [-0.25, -0.2) is 14.8 Å². The topological polar surface area (TPSA) is 130 Å². The number of nitrogens with two attached hydrogens (primary N) is 1. The fourth-order valence-electron chi connectivity index (χ4n) is 3.02. The smallest absolute Gasteiger partial charge is 0.328 e. The van der Waals surface area contributed by atoms with E-state index in [1.165, 1.54) is 13.2 Å². The standard InChI is InChI=1S/C22H23N5O3/c1-22(21(29)30,16-9-4-3-5-10-16)26-12-14-7-6-8-15(11-14)17-13-25-19(23)18(27-17)20(28)24-2/h3-11,13,26H,12H2,1-2H3,(H2,23,25)(H,24,28)(H,29,30)/t22-/m0/s1. The summed E-state index contributed by atoms with van der Waals surface area (Å²) in [5.74, 6) is -1.33. The van der Waals surface area contributed by atoms with Gasteiger partial charge in [0, 0.05) is 19.2 Å². The van der Waals surface area contributed by atoms with E-state index in [2.05, 4.69) is 20.6 Å². The van der Waals surface area contributed by atoms with E-state index < -0.39 is 17.4 Å². The van der Waals surface area contributed by atoms with Crippen LogP contribution in [0.5, 0.6) is 0 Å². The van der Waals surface area contributed by atoms with Gasteiger partial charge in [0.25, 0.3) is 5.91 Å². The molecule has 1 atom stereocenters. The van der Waals surface area contributed by atoms with Crippen LogP contribution in [0.25, 0.3) is 11.3 Å². The van der Waals surface area contributed by atoms with Gasteiger partial charge in [-0.2, -0.15) is 0 Å². The maximum absolute atomic E-state index is 12.0. The molecule has 0 bridgehead atoms. The minimum absolute atomic E-state index is 0.0519. The van der Waals surface area contributed by atoms with Crippen molar-refractivity contribution < 1.29 is 14.7 Å². The van der Waals surface area contributed by atoms with Crippen LogP contribution in [-0.4, -0.2) is 34.0 Å². The van der Waals surface area contributed by atoms with Gasteiger partial charge in [0.15, 0.2) is 11.5 Å². The molecule has 1 heterocycles. The Morgan fingerprint density at radius 2 is 1.87 bits per heavy atom. The summed E-state index contributed by atoms with van der Waals surface area (Å²) in [6.45, 7) is 1.95. The lowest BCUT2D eigenvalue weighted by Gasteiger charge is -2.27. The molecule has 3 aromatic rings. The minimum Gasteiger partial charge on any atom is -0.480 e. The summed E-state index contributed by atoms with van der Waals surface area (Å²) in [6, 6.07) is 16.4. The summed E-state index contributed by atoms with van der Waals surface area (Å²) in [4.78, 5) is 32.3.